The van der Waals surface area contributed by atoms with Crippen molar-refractivity contribution in [2.45, 2.75) is 31.7 Å². The number of H-pyrrole nitrogens is 1. The molecule has 4 N–H and O–H groups in total. The molecular formula is C21H24FN5O3. The van der Waals surface area contributed by atoms with Crippen molar-refractivity contribution < 1.29 is 18.5 Å². The van der Waals surface area contributed by atoms with Gasteiger partial charge in [-0.2, -0.15) is 0 Å². The van der Waals surface area contributed by atoms with Crippen LogP contribution in [0.4, 0.5) is 4.39 Å². The van der Waals surface area contributed by atoms with Gasteiger partial charge < -0.3 is 25.5 Å². The van der Waals surface area contributed by atoms with Crippen molar-refractivity contribution in [3.05, 3.63) is 53.3 Å². The molecule has 8 nitrogen and oxygen atoms in total. The molecule has 1 aromatic carbocycles. The first-order valence-electron chi connectivity index (χ1n) is 9.97. The Hall–Kier alpha value is -3.20. The van der Waals surface area contributed by atoms with E-state index in [0.717, 1.165) is 16.5 Å². The number of nitrogens with zero attached hydrogens (tertiary/aromatic N) is 1. The Morgan fingerprint density at radius 1 is 1.27 bits per heavy atom. The Kier molecular flexibility index (Phi) is 5.54. The highest BCUT2D eigenvalue weighted by Gasteiger charge is 2.41. The Morgan fingerprint density at radius 3 is 2.80 bits per heavy atom. The average molecular weight is 413 g/mol. The fraction of sp³-hybridized carbons (Fsp3) is 0.381. The Balaban J connectivity index is 1.43. The highest BCUT2D eigenvalue weighted by Crippen LogP contribution is 2.21. The number of fused-ring (bicyclic) bond motifs is 1. The number of rotatable bonds is 6. The molecule has 1 saturated heterocycles. The largest absolute Gasteiger partial charge is 0.361 e. The zero-order valence-corrected chi connectivity index (χ0v) is 16.7. The number of aromatic amines is 1. The summed E-state index contributed by atoms with van der Waals surface area (Å²) in [6.07, 6.45) is 3.31. The molecule has 0 saturated carbocycles. The molecule has 0 unspecified atom stereocenters. The van der Waals surface area contributed by atoms with E-state index in [4.69, 9.17) is 4.52 Å². The molecule has 4 rings (SSSR count). The van der Waals surface area contributed by atoms with Crippen LogP contribution in [0.2, 0.25) is 0 Å². The van der Waals surface area contributed by atoms with Crippen LogP contribution in [-0.4, -0.2) is 47.1 Å². The van der Waals surface area contributed by atoms with Gasteiger partial charge in [-0.15, -0.1) is 0 Å². The van der Waals surface area contributed by atoms with Crippen molar-refractivity contribution >= 4 is 22.7 Å². The van der Waals surface area contributed by atoms with Crippen molar-refractivity contribution in [1.82, 2.24) is 26.1 Å². The normalized spacial score (nSPS) is 15.8. The van der Waals surface area contributed by atoms with Crippen molar-refractivity contribution in [2.75, 3.05) is 19.6 Å². The van der Waals surface area contributed by atoms with Crippen LogP contribution in [0.3, 0.4) is 0 Å². The predicted molar refractivity (Wildman–Crippen MR) is 109 cm³/mol. The van der Waals surface area contributed by atoms with Crippen molar-refractivity contribution in [3.63, 3.8) is 0 Å². The topological polar surface area (TPSA) is 112 Å². The maximum atomic E-state index is 13.6. The summed E-state index contributed by atoms with van der Waals surface area (Å²) < 4.78 is 18.5. The van der Waals surface area contributed by atoms with E-state index in [1.54, 1.807) is 13.0 Å². The van der Waals surface area contributed by atoms with Crippen molar-refractivity contribution in [2.24, 2.45) is 0 Å². The predicted octanol–water partition coefficient (Wildman–Crippen LogP) is 1.81. The molecule has 3 heterocycles. The highest BCUT2D eigenvalue weighted by molar-refractivity contribution is 5.98. The molecule has 1 aliphatic rings. The van der Waals surface area contributed by atoms with Gasteiger partial charge in [0.2, 0.25) is 5.91 Å². The molecule has 0 aliphatic carbocycles. The lowest BCUT2D eigenvalue weighted by Crippen LogP contribution is -2.63. The molecular weight excluding hydrogens is 389 g/mol. The third-order valence-electron chi connectivity index (χ3n) is 5.51. The quantitative estimate of drug-likeness (QED) is 0.493. The monoisotopic (exact) mass is 413 g/mol. The third kappa shape index (κ3) is 4.06. The van der Waals surface area contributed by atoms with Gasteiger partial charge in [-0.3, -0.25) is 9.59 Å². The molecule has 158 valence electrons. The summed E-state index contributed by atoms with van der Waals surface area (Å²) in [5.41, 5.74) is 0.912. The number of carbonyl (C=O) groups excluding carboxylic acids is 2. The number of aryl methyl sites for hydroxylation is 1. The Bertz CT molecular complexity index is 1070. The van der Waals surface area contributed by atoms with Gasteiger partial charge in [-0.05, 0) is 63.0 Å². The average Bonchev–Trinajstić information content (AvgIpc) is 3.35. The second-order valence-electron chi connectivity index (χ2n) is 7.62. The summed E-state index contributed by atoms with van der Waals surface area (Å²) in [5.74, 6) is -0.439. The van der Waals surface area contributed by atoms with Gasteiger partial charge in [0.15, 0.2) is 5.69 Å². The number of amides is 2. The van der Waals surface area contributed by atoms with Crippen molar-refractivity contribution in [1.29, 1.82) is 0 Å². The molecule has 2 amide bonds. The number of hydrogen-bond acceptors (Lipinski definition) is 5. The number of nitrogens with one attached hydrogen (secondary N) is 4. The first kappa shape index (κ1) is 20.1. The number of halogens is 1. The van der Waals surface area contributed by atoms with E-state index in [9.17, 15) is 14.0 Å². The fourth-order valence-electron chi connectivity index (χ4n) is 3.85. The van der Waals surface area contributed by atoms with E-state index in [0.29, 0.717) is 44.7 Å². The van der Waals surface area contributed by atoms with Crippen LogP contribution < -0.4 is 16.0 Å². The summed E-state index contributed by atoms with van der Waals surface area (Å²) in [6.45, 7) is 3.31. The van der Waals surface area contributed by atoms with Gasteiger partial charge in [-0.1, -0.05) is 5.16 Å². The molecule has 2 aromatic heterocycles. The van der Waals surface area contributed by atoms with Gasteiger partial charge in [0, 0.05) is 29.7 Å². The van der Waals surface area contributed by atoms with E-state index in [-0.39, 0.29) is 17.4 Å². The van der Waals surface area contributed by atoms with Crippen LogP contribution in [0.25, 0.3) is 10.9 Å². The zero-order valence-electron chi connectivity index (χ0n) is 16.7. The number of aromatic nitrogens is 2. The first-order chi connectivity index (χ1) is 14.5. The lowest BCUT2D eigenvalue weighted by atomic mass is 9.87. The van der Waals surface area contributed by atoms with Gasteiger partial charge in [0.1, 0.15) is 17.1 Å². The lowest BCUT2D eigenvalue weighted by molar-refractivity contribution is -0.128. The summed E-state index contributed by atoms with van der Waals surface area (Å²) >= 11 is 0. The van der Waals surface area contributed by atoms with Crippen LogP contribution in [0.1, 0.15) is 34.7 Å². The molecule has 0 atom stereocenters. The lowest BCUT2D eigenvalue weighted by Gasteiger charge is -2.36. The molecule has 30 heavy (non-hydrogen) atoms. The molecule has 9 heteroatoms. The second-order valence-corrected chi connectivity index (χ2v) is 7.62. The Labute approximate surface area is 172 Å². The smallest absolute Gasteiger partial charge is 0.274 e. The standard InChI is InChI=1S/C21H24FN5O3/c1-13-10-18(27-30-13)19(28)26-21(5-8-23-9-6-21)20(29)24-7-4-14-12-25-17-3-2-15(22)11-16(14)17/h2-3,10-12,23,25H,4-9H2,1H3,(H,24,29)(H,26,28). The minimum Gasteiger partial charge on any atom is -0.361 e. The SMILES string of the molecule is Cc1cc(C(=O)NC2(C(=O)NCCc3c[nH]c4ccc(F)cc34)CCNCC2)no1. The summed E-state index contributed by atoms with van der Waals surface area (Å²) in [7, 11) is 0. The second kappa shape index (κ2) is 8.27. The minimum absolute atomic E-state index is 0.152. The van der Waals surface area contributed by atoms with Gasteiger partial charge >= 0.3 is 0 Å². The van der Waals surface area contributed by atoms with Crippen LogP contribution >= 0.6 is 0 Å². The summed E-state index contributed by atoms with van der Waals surface area (Å²) in [4.78, 5) is 28.8. The van der Waals surface area contributed by atoms with Crippen LogP contribution in [-0.2, 0) is 11.2 Å². The molecule has 1 aliphatic heterocycles. The fourth-order valence-corrected chi connectivity index (χ4v) is 3.85. The third-order valence-corrected chi connectivity index (χ3v) is 5.51. The van der Waals surface area contributed by atoms with Crippen LogP contribution in [0.5, 0.6) is 0 Å². The van der Waals surface area contributed by atoms with Crippen LogP contribution in [0.15, 0.2) is 35.0 Å². The maximum Gasteiger partial charge on any atom is 0.274 e. The van der Waals surface area contributed by atoms with E-state index in [1.807, 2.05) is 6.20 Å². The molecule has 0 bridgehead atoms. The maximum absolute atomic E-state index is 13.6. The highest BCUT2D eigenvalue weighted by atomic mass is 19.1. The number of benzene rings is 1. The summed E-state index contributed by atoms with van der Waals surface area (Å²) in [6, 6.07) is 6.12. The van der Waals surface area contributed by atoms with Crippen molar-refractivity contribution in [3.8, 4) is 0 Å². The van der Waals surface area contributed by atoms with E-state index in [1.165, 1.54) is 18.2 Å². The first-order valence-corrected chi connectivity index (χ1v) is 9.97. The molecule has 0 spiro atoms. The molecule has 1 fully saturated rings. The van der Waals surface area contributed by atoms with Crippen LogP contribution in [0, 0.1) is 12.7 Å². The van der Waals surface area contributed by atoms with E-state index in [2.05, 4.69) is 26.1 Å². The molecule has 3 aromatic rings. The van der Waals surface area contributed by atoms with E-state index >= 15 is 0 Å². The Morgan fingerprint density at radius 2 is 2.07 bits per heavy atom. The van der Waals surface area contributed by atoms with Gasteiger partial charge in [0.25, 0.3) is 5.91 Å². The minimum atomic E-state index is -1.01. The summed E-state index contributed by atoms with van der Waals surface area (Å²) in [5, 5.41) is 13.6. The van der Waals surface area contributed by atoms with E-state index < -0.39 is 11.4 Å². The number of carbonyl (C=O) groups is 2. The number of hydrogen-bond donors (Lipinski definition) is 4. The number of piperidine rings is 1. The zero-order chi connectivity index (χ0) is 21.1. The van der Waals surface area contributed by atoms with Gasteiger partial charge in [-0.25, -0.2) is 4.39 Å². The van der Waals surface area contributed by atoms with Gasteiger partial charge in [0.05, 0.1) is 0 Å². The molecule has 0 radical (unpaired) electrons.